The van der Waals surface area contributed by atoms with Gasteiger partial charge in [-0.05, 0) is 38.3 Å². The van der Waals surface area contributed by atoms with Crippen LogP contribution in [0.3, 0.4) is 0 Å². The second kappa shape index (κ2) is 3.33. The van der Waals surface area contributed by atoms with Gasteiger partial charge in [-0.2, -0.15) is 0 Å². The van der Waals surface area contributed by atoms with Crippen LogP contribution in [0, 0.1) is 6.92 Å². The summed E-state index contributed by atoms with van der Waals surface area (Å²) in [6.45, 7) is 3.61. The standard InChI is InChI=1S/C12H15NO2/c1-8-6-10(7-13-11(8)15-3)12(4-5-12)9(2)14/h6-7H,4-5H2,1-3H3. The Balaban J connectivity index is 2.39. The maximum Gasteiger partial charge on any atom is 0.215 e. The molecule has 1 aromatic rings. The number of ether oxygens (including phenoxy) is 1. The van der Waals surface area contributed by atoms with Gasteiger partial charge in [-0.15, -0.1) is 0 Å². The molecule has 0 bridgehead atoms. The predicted octanol–water partition coefficient (Wildman–Crippen LogP) is 2.02. The average Bonchev–Trinajstić information content (AvgIpc) is 2.98. The Labute approximate surface area is 89.5 Å². The van der Waals surface area contributed by atoms with Crippen molar-refractivity contribution in [1.29, 1.82) is 0 Å². The number of hydrogen-bond acceptors (Lipinski definition) is 3. The van der Waals surface area contributed by atoms with E-state index >= 15 is 0 Å². The fourth-order valence-corrected chi connectivity index (χ4v) is 2.01. The minimum atomic E-state index is -0.232. The van der Waals surface area contributed by atoms with E-state index < -0.39 is 0 Å². The van der Waals surface area contributed by atoms with Crippen LogP contribution < -0.4 is 4.74 Å². The number of rotatable bonds is 3. The van der Waals surface area contributed by atoms with E-state index in [1.54, 1.807) is 20.2 Å². The molecule has 1 aromatic heterocycles. The van der Waals surface area contributed by atoms with E-state index in [4.69, 9.17) is 4.74 Å². The summed E-state index contributed by atoms with van der Waals surface area (Å²) < 4.78 is 5.10. The summed E-state index contributed by atoms with van der Waals surface area (Å²) >= 11 is 0. The Morgan fingerprint density at radius 2 is 2.20 bits per heavy atom. The van der Waals surface area contributed by atoms with Crippen molar-refractivity contribution in [3.63, 3.8) is 0 Å². The van der Waals surface area contributed by atoms with Crippen LogP contribution in [0.25, 0.3) is 0 Å². The first-order chi connectivity index (χ1) is 7.10. The summed E-state index contributed by atoms with van der Waals surface area (Å²) in [6, 6.07) is 2.01. The van der Waals surface area contributed by atoms with Gasteiger partial charge >= 0.3 is 0 Å². The van der Waals surface area contributed by atoms with Crippen LogP contribution in [0.2, 0.25) is 0 Å². The molecular formula is C12H15NO2. The van der Waals surface area contributed by atoms with Gasteiger partial charge in [-0.1, -0.05) is 0 Å². The van der Waals surface area contributed by atoms with Crippen molar-refractivity contribution < 1.29 is 9.53 Å². The molecule has 0 aliphatic heterocycles. The van der Waals surface area contributed by atoms with Gasteiger partial charge < -0.3 is 4.74 Å². The van der Waals surface area contributed by atoms with Crippen molar-refractivity contribution in [1.82, 2.24) is 4.98 Å². The minimum Gasteiger partial charge on any atom is -0.481 e. The predicted molar refractivity (Wildman–Crippen MR) is 57.1 cm³/mol. The molecule has 0 radical (unpaired) electrons. The number of methoxy groups -OCH3 is 1. The fraction of sp³-hybridized carbons (Fsp3) is 0.500. The van der Waals surface area contributed by atoms with Gasteiger partial charge in [0.25, 0.3) is 0 Å². The molecule has 1 saturated carbocycles. The first-order valence-corrected chi connectivity index (χ1v) is 5.12. The third kappa shape index (κ3) is 1.52. The minimum absolute atomic E-state index is 0.232. The Morgan fingerprint density at radius 1 is 1.53 bits per heavy atom. The molecule has 0 unspecified atom stereocenters. The summed E-state index contributed by atoms with van der Waals surface area (Å²) in [4.78, 5) is 15.7. The Bertz CT molecular complexity index is 408. The molecule has 1 fully saturated rings. The third-order valence-electron chi connectivity index (χ3n) is 3.20. The van der Waals surface area contributed by atoms with Crippen molar-refractivity contribution in [3.05, 3.63) is 23.4 Å². The number of aryl methyl sites for hydroxylation is 1. The number of carbonyl (C=O) groups excluding carboxylic acids is 1. The van der Waals surface area contributed by atoms with Crippen LogP contribution in [0.4, 0.5) is 0 Å². The van der Waals surface area contributed by atoms with Crippen molar-refractivity contribution in [2.75, 3.05) is 7.11 Å². The zero-order chi connectivity index (χ0) is 11.1. The van der Waals surface area contributed by atoms with Gasteiger partial charge in [0, 0.05) is 11.8 Å². The molecule has 0 spiro atoms. The highest BCUT2D eigenvalue weighted by Crippen LogP contribution is 2.49. The number of hydrogen-bond donors (Lipinski definition) is 0. The molecule has 0 atom stereocenters. The molecule has 1 aliphatic rings. The van der Waals surface area contributed by atoms with Gasteiger partial charge in [0.2, 0.25) is 5.88 Å². The summed E-state index contributed by atoms with van der Waals surface area (Å²) in [5.41, 5.74) is 1.79. The van der Waals surface area contributed by atoms with E-state index in [1.165, 1.54) is 0 Å². The van der Waals surface area contributed by atoms with Crippen molar-refractivity contribution in [2.45, 2.75) is 32.1 Å². The summed E-state index contributed by atoms with van der Waals surface area (Å²) in [6.07, 6.45) is 3.67. The molecule has 80 valence electrons. The maximum absolute atomic E-state index is 11.5. The molecule has 1 heterocycles. The van der Waals surface area contributed by atoms with E-state index in [9.17, 15) is 4.79 Å². The van der Waals surface area contributed by atoms with E-state index in [1.807, 2.05) is 13.0 Å². The highest BCUT2D eigenvalue weighted by molar-refractivity contribution is 5.91. The molecule has 3 nitrogen and oxygen atoms in total. The molecular weight excluding hydrogens is 190 g/mol. The van der Waals surface area contributed by atoms with Crippen LogP contribution in [0.5, 0.6) is 5.88 Å². The fourth-order valence-electron chi connectivity index (χ4n) is 2.01. The molecule has 2 rings (SSSR count). The first-order valence-electron chi connectivity index (χ1n) is 5.12. The number of carbonyl (C=O) groups is 1. The number of ketones is 1. The van der Waals surface area contributed by atoms with Gasteiger partial charge in [-0.3, -0.25) is 4.79 Å². The lowest BCUT2D eigenvalue weighted by atomic mass is 9.93. The second-order valence-corrected chi connectivity index (χ2v) is 4.19. The van der Waals surface area contributed by atoms with Crippen LogP contribution in [0.15, 0.2) is 12.3 Å². The van der Waals surface area contributed by atoms with Gasteiger partial charge in [0.05, 0.1) is 12.5 Å². The van der Waals surface area contributed by atoms with Crippen molar-refractivity contribution >= 4 is 5.78 Å². The van der Waals surface area contributed by atoms with E-state index in [2.05, 4.69) is 4.98 Å². The number of nitrogens with zero attached hydrogens (tertiary/aromatic N) is 1. The van der Waals surface area contributed by atoms with E-state index in [-0.39, 0.29) is 11.2 Å². The Kier molecular flexibility index (Phi) is 2.25. The topological polar surface area (TPSA) is 39.2 Å². The monoisotopic (exact) mass is 205 g/mol. The van der Waals surface area contributed by atoms with Crippen molar-refractivity contribution in [2.24, 2.45) is 0 Å². The SMILES string of the molecule is COc1ncc(C2(C(C)=O)CC2)cc1C. The molecule has 0 saturated heterocycles. The normalized spacial score (nSPS) is 17.3. The smallest absolute Gasteiger partial charge is 0.215 e. The second-order valence-electron chi connectivity index (χ2n) is 4.19. The Morgan fingerprint density at radius 3 is 2.60 bits per heavy atom. The number of aromatic nitrogens is 1. The zero-order valence-electron chi connectivity index (χ0n) is 9.33. The molecule has 1 aliphatic carbocycles. The van der Waals surface area contributed by atoms with Crippen LogP contribution in [-0.4, -0.2) is 17.9 Å². The summed E-state index contributed by atoms with van der Waals surface area (Å²) in [5.74, 6) is 0.881. The van der Waals surface area contributed by atoms with Gasteiger partial charge in [-0.25, -0.2) is 4.98 Å². The molecule has 0 aromatic carbocycles. The van der Waals surface area contributed by atoms with Crippen molar-refractivity contribution in [3.8, 4) is 5.88 Å². The summed E-state index contributed by atoms with van der Waals surface area (Å²) in [7, 11) is 1.60. The molecule has 15 heavy (non-hydrogen) atoms. The molecule has 0 amide bonds. The Hall–Kier alpha value is -1.38. The average molecular weight is 205 g/mol. The molecule has 3 heteroatoms. The lowest BCUT2D eigenvalue weighted by Gasteiger charge is -2.13. The highest BCUT2D eigenvalue weighted by Gasteiger charge is 2.49. The third-order valence-corrected chi connectivity index (χ3v) is 3.20. The first kappa shape index (κ1) is 10.1. The summed E-state index contributed by atoms with van der Waals surface area (Å²) in [5, 5.41) is 0. The van der Waals surface area contributed by atoms with E-state index in [0.717, 1.165) is 24.0 Å². The van der Waals surface area contributed by atoms with Gasteiger partial charge in [0.1, 0.15) is 5.78 Å². The van der Waals surface area contributed by atoms with Gasteiger partial charge in [0.15, 0.2) is 0 Å². The van der Waals surface area contributed by atoms with Crippen LogP contribution in [-0.2, 0) is 10.2 Å². The maximum atomic E-state index is 11.5. The van der Waals surface area contributed by atoms with E-state index in [0.29, 0.717) is 5.88 Å². The molecule has 0 N–H and O–H groups in total. The van der Waals surface area contributed by atoms with Crippen LogP contribution in [0.1, 0.15) is 30.9 Å². The number of Topliss-reactive ketones (excluding diaryl/α,β-unsaturated/α-hetero) is 1. The quantitative estimate of drug-likeness (QED) is 0.757. The lowest BCUT2D eigenvalue weighted by molar-refractivity contribution is -0.119. The number of pyridine rings is 1. The largest absolute Gasteiger partial charge is 0.481 e. The van der Waals surface area contributed by atoms with Crippen LogP contribution >= 0.6 is 0 Å². The zero-order valence-corrected chi connectivity index (χ0v) is 9.33. The lowest BCUT2D eigenvalue weighted by Crippen LogP contribution is -2.17. The highest BCUT2D eigenvalue weighted by atomic mass is 16.5.